The number of ether oxygens (including phenoxy) is 1. The van der Waals surface area contributed by atoms with Crippen LogP contribution in [-0.2, 0) is 9.84 Å². The Morgan fingerprint density at radius 1 is 1.32 bits per heavy atom. The number of halogens is 2. The van der Waals surface area contributed by atoms with Crippen LogP contribution in [0.3, 0.4) is 0 Å². The number of aliphatic hydroxyl groups is 1. The molecule has 10 heteroatoms. The first-order valence-corrected chi connectivity index (χ1v) is 8.68. The third-order valence-electron chi connectivity index (χ3n) is 4.76. The molecule has 25 heavy (non-hydrogen) atoms. The van der Waals surface area contributed by atoms with Crippen molar-refractivity contribution in [2.75, 3.05) is 24.6 Å². The van der Waals surface area contributed by atoms with Gasteiger partial charge in [-0.3, -0.25) is 4.57 Å². The Balaban J connectivity index is 1.75. The van der Waals surface area contributed by atoms with Gasteiger partial charge >= 0.3 is 0 Å². The van der Waals surface area contributed by atoms with E-state index in [2.05, 4.69) is 19.9 Å². The average Bonchev–Trinajstić information content (AvgIpc) is 3.16. The number of anilines is 1. The molecule has 0 saturated carbocycles. The first-order chi connectivity index (χ1) is 12.1. The van der Waals surface area contributed by atoms with Crippen molar-refractivity contribution in [3.05, 3.63) is 11.6 Å². The van der Waals surface area contributed by atoms with Gasteiger partial charge in [-0.2, -0.15) is 9.97 Å². The van der Waals surface area contributed by atoms with Gasteiger partial charge in [0, 0.05) is 13.1 Å². The Labute approximate surface area is 148 Å². The first-order valence-electron chi connectivity index (χ1n) is 8.31. The van der Waals surface area contributed by atoms with Gasteiger partial charge in [-0.05, 0) is 30.9 Å². The van der Waals surface area contributed by atoms with Crippen molar-refractivity contribution in [2.45, 2.75) is 43.9 Å². The zero-order chi connectivity index (χ0) is 17.6. The lowest BCUT2D eigenvalue weighted by Gasteiger charge is -2.27. The van der Waals surface area contributed by atoms with E-state index in [-0.39, 0.29) is 5.28 Å². The van der Waals surface area contributed by atoms with Crippen LogP contribution in [-0.4, -0.2) is 62.7 Å². The lowest BCUT2D eigenvalue weighted by Crippen LogP contribution is -2.30. The van der Waals surface area contributed by atoms with Crippen LogP contribution < -0.4 is 4.90 Å². The summed E-state index contributed by atoms with van der Waals surface area (Å²) >= 11 is 6.08. The van der Waals surface area contributed by atoms with Gasteiger partial charge in [-0.1, -0.05) is 0 Å². The lowest BCUT2D eigenvalue weighted by atomic mass is 10.1. The van der Waals surface area contributed by atoms with Gasteiger partial charge in [0.1, 0.15) is 18.8 Å². The maximum atomic E-state index is 14.4. The maximum absolute atomic E-state index is 14.4. The second kappa shape index (κ2) is 6.64. The van der Waals surface area contributed by atoms with Crippen LogP contribution in [0.5, 0.6) is 0 Å². The summed E-state index contributed by atoms with van der Waals surface area (Å²) in [6.45, 7) is 0.968. The first kappa shape index (κ1) is 16.9. The van der Waals surface area contributed by atoms with Gasteiger partial charge in [0.25, 0.3) is 0 Å². The molecule has 4 heterocycles. The SMILES string of the molecule is [O]C[C@H]1O[C@@H](n2cnc3c(N4CCCCC4)nc(Cl)nc32)[C@@H](F)[C@@H]1O. The van der Waals surface area contributed by atoms with Crippen LogP contribution in [0.25, 0.3) is 11.2 Å². The van der Waals surface area contributed by atoms with Crippen molar-refractivity contribution in [1.29, 1.82) is 0 Å². The highest BCUT2D eigenvalue weighted by Crippen LogP contribution is 2.35. The van der Waals surface area contributed by atoms with Crippen molar-refractivity contribution < 1.29 is 19.3 Å². The van der Waals surface area contributed by atoms with Crippen molar-refractivity contribution in [3.8, 4) is 0 Å². The lowest BCUT2D eigenvalue weighted by molar-refractivity contribution is -0.0593. The van der Waals surface area contributed by atoms with Gasteiger partial charge in [-0.25, -0.2) is 14.5 Å². The molecule has 2 fully saturated rings. The Bertz CT molecular complexity index is 769. The van der Waals surface area contributed by atoms with Crippen molar-refractivity contribution >= 4 is 28.6 Å². The monoisotopic (exact) mass is 370 g/mol. The molecular weight excluding hydrogens is 353 g/mol. The van der Waals surface area contributed by atoms with Gasteiger partial charge in [0.05, 0.1) is 6.33 Å². The molecule has 0 spiro atoms. The largest absolute Gasteiger partial charge is 0.387 e. The molecule has 2 aromatic heterocycles. The number of piperidine rings is 1. The summed E-state index contributed by atoms with van der Waals surface area (Å²) < 4.78 is 21.2. The minimum Gasteiger partial charge on any atom is -0.387 e. The van der Waals surface area contributed by atoms with Gasteiger partial charge in [-0.15, -0.1) is 0 Å². The van der Waals surface area contributed by atoms with Crippen LogP contribution in [0, 0.1) is 0 Å². The highest BCUT2D eigenvalue weighted by atomic mass is 35.5. The summed E-state index contributed by atoms with van der Waals surface area (Å²) in [5, 5.41) is 20.9. The molecule has 0 aromatic carbocycles. The molecule has 8 nitrogen and oxygen atoms in total. The summed E-state index contributed by atoms with van der Waals surface area (Å²) in [5.74, 6) is 0.614. The van der Waals surface area contributed by atoms with E-state index in [0.29, 0.717) is 17.0 Å². The number of hydrogen-bond acceptors (Lipinski definition) is 6. The average molecular weight is 371 g/mol. The Kier molecular flexibility index (Phi) is 4.48. The molecule has 0 amide bonds. The summed E-state index contributed by atoms with van der Waals surface area (Å²) in [7, 11) is 0. The van der Waals surface area contributed by atoms with Crippen LogP contribution in [0.1, 0.15) is 25.5 Å². The van der Waals surface area contributed by atoms with E-state index in [0.717, 1.165) is 25.9 Å². The third kappa shape index (κ3) is 2.84. The van der Waals surface area contributed by atoms with Gasteiger partial charge < -0.3 is 14.7 Å². The summed E-state index contributed by atoms with van der Waals surface area (Å²) in [6.07, 6.45) is -0.821. The number of rotatable bonds is 3. The van der Waals surface area contributed by atoms with E-state index in [4.69, 9.17) is 16.3 Å². The zero-order valence-corrected chi connectivity index (χ0v) is 14.1. The van der Waals surface area contributed by atoms with E-state index in [1.54, 1.807) is 0 Å². The van der Waals surface area contributed by atoms with Gasteiger partial charge in [0.2, 0.25) is 5.28 Å². The highest BCUT2D eigenvalue weighted by Gasteiger charge is 2.45. The third-order valence-corrected chi connectivity index (χ3v) is 4.93. The Hall–Kier alpha value is -1.55. The number of imidazole rings is 1. The van der Waals surface area contributed by atoms with E-state index in [9.17, 15) is 14.6 Å². The van der Waals surface area contributed by atoms with E-state index in [1.165, 1.54) is 17.3 Å². The molecule has 1 radical (unpaired) electrons. The molecule has 2 aliphatic heterocycles. The van der Waals surface area contributed by atoms with Crippen LogP contribution in [0.15, 0.2) is 6.33 Å². The Morgan fingerprint density at radius 2 is 2.08 bits per heavy atom. The highest BCUT2D eigenvalue weighted by molar-refractivity contribution is 6.28. The number of nitrogens with zero attached hydrogens (tertiary/aromatic N) is 5. The molecule has 4 rings (SSSR count). The smallest absolute Gasteiger partial charge is 0.226 e. The fraction of sp³-hybridized carbons (Fsp3) is 0.667. The summed E-state index contributed by atoms with van der Waals surface area (Å²) in [5.41, 5.74) is 0.828. The molecule has 2 aliphatic rings. The molecule has 135 valence electrons. The summed E-state index contributed by atoms with van der Waals surface area (Å²) in [4.78, 5) is 14.9. The summed E-state index contributed by atoms with van der Waals surface area (Å²) in [6, 6.07) is 0. The number of aromatic nitrogens is 4. The van der Waals surface area contributed by atoms with Crippen LogP contribution >= 0.6 is 11.6 Å². The standard InChI is InChI=1S/C15H18ClFN5O3/c16-15-19-12(21-4-2-1-3-5-21)10-13(20-15)22(7-18-10)14-9(17)11(24)8(6-23)25-14/h7-9,11,14,24H,1-6H2/t8-,9+,11-,14-/m1/s1. The fourth-order valence-electron chi connectivity index (χ4n) is 3.45. The number of fused-ring (bicyclic) bond motifs is 1. The molecule has 1 N–H and O–H groups in total. The fourth-order valence-corrected chi connectivity index (χ4v) is 3.61. The predicted octanol–water partition coefficient (Wildman–Crippen LogP) is 1.50. The van der Waals surface area contributed by atoms with Crippen molar-refractivity contribution in [3.63, 3.8) is 0 Å². The van der Waals surface area contributed by atoms with Crippen LogP contribution in [0.2, 0.25) is 5.28 Å². The predicted molar refractivity (Wildman–Crippen MR) is 86.8 cm³/mol. The Morgan fingerprint density at radius 3 is 2.76 bits per heavy atom. The molecule has 2 saturated heterocycles. The zero-order valence-electron chi connectivity index (χ0n) is 13.4. The second-order valence-electron chi connectivity index (χ2n) is 6.35. The van der Waals surface area contributed by atoms with Crippen molar-refractivity contribution in [1.82, 2.24) is 19.5 Å². The minimum absolute atomic E-state index is 0.0316. The molecule has 0 bridgehead atoms. The molecule has 2 aromatic rings. The molecule has 0 unspecified atom stereocenters. The van der Waals surface area contributed by atoms with E-state index < -0.39 is 31.2 Å². The molecular formula is C15H18ClFN5O3. The molecule has 4 atom stereocenters. The normalized spacial score (nSPS) is 30.3. The van der Waals surface area contributed by atoms with E-state index in [1.807, 2.05) is 0 Å². The second-order valence-corrected chi connectivity index (χ2v) is 6.69. The van der Waals surface area contributed by atoms with Crippen LogP contribution in [0.4, 0.5) is 10.2 Å². The number of aliphatic hydroxyl groups excluding tert-OH is 1. The van der Waals surface area contributed by atoms with E-state index >= 15 is 0 Å². The molecule has 0 aliphatic carbocycles. The topological polar surface area (TPSA) is 96.2 Å². The van der Waals surface area contributed by atoms with Crippen molar-refractivity contribution in [2.24, 2.45) is 0 Å². The quantitative estimate of drug-likeness (QED) is 0.822. The van der Waals surface area contributed by atoms with Gasteiger partial charge in [0.15, 0.2) is 29.4 Å². The number of hydrogen-bond donors (Lipinski definition) is 1. The maximum Gasteiger partial charge on any atom is 0.226 e. The minimum atomic E-state index is -1.75. The number of alkyl halides is 1.